The lowest BCUT2D eigenvalue weighted by Crippen LogP contribution is -2.11. The zero-order chi connectivity index (χ0) is 11.6. The van der Waals surface area contributed by atoms with Crippen LogP contribution in [-0.2, 0) is 9.47 Å². The van der Waals surface area contributed by atoms with Crippen molar-refractivity contribution in [2.24, 2.45) is 0 Å². The molecule has 5 nitrogen and oxygen atoms in total. The molecule has 88 valence electrons. The number of carbonyl (C=O) groups is 1. The molecule has 0 aromatic carbocycles. The highest BCUT2D eigenvalue weighted by molar-refractivity contribution is 5.77. The third-order valence-corrected chi connectivity index (χ3v) is 1.83. The summed E-state index contributed by atoms with van der Waals surface area (Å²) in [5.74, 6) is 0.341. The smallest absolute Gasteiger partial charge is 0.224 e. The van der Waals surface area contributed by atoms with Gasteiger partial charge in [0.05, 0.1) is 25.4 Å². The summed E-state index contributed by atoms with van der Waals surface area (Å²) in [6, 6.07) is 3.34. The number of nitrogens with zero attached hydrogens (tertiary/aromatic N) is 1. The van der Waals surface area contributed by atoms with E-state index in [-0.39, 0.29) is 0 Å². The van der Waals surface area contributed by atoms with Gasteiger partial charge < -0.3 is 14.2 Å². The molecular formula is C11H15NO4. The molecule has 0 fully saturated rings. The SMILES string of the molecule is COCCOCCOc1ncccc1C=O. The largest absolute Gasteiger partial charge is 0.475 e. The van der Waals surface area contributed by atoms with Gasteiger partial charge in [0.1, 0.15) is 6.61 Å². The molecule has 0 unspecified atom stereocenters. The number of ether oxygens (including phenoxy) is 3. The van der Waals surface area contributed by atoms with Crippen molar-refractivity contribution in [1.29, 1.82) is 0 Å². The van der Waals surface area contributed by atoms with Crippen molar-refractivity contribution in [1.82, 2.24) is 4.98 Å². The average molecular weight is 225 g/mol. The lowest BCUT2D eigenvalue weighted by atomic mass is 10.3. The van der Waals surface area contributed by atoms with E-state index in [4.69, 9.17) is 14.2 Å². The van der Waals surface area contributed by atoms with Crippen LogP contribution in [-0.4, -0.2) is 44.8 Å². The Hall–Kier alpha value is -1.46. The van der Waals surface area contributed by atoms with Gasteiger partial charge in [-0.05, 0) is 12.1 Å². The van der Waals surface area contributed by atoms with Crippen molar-refractivity contribution >= 4 is 6.29 Å². The minimum Gasteiger partial charge on any atom is -0.475 e. The van der Waals surface area contributed by atoms with Crippen LogP contribution in [0.15, 0.2) is 18.3 Å². The van der Waals surface area contributed by atoms with E-state index in [0.717, 1.165) is 0 Å². The molecule has 0 amide bonds. The summed E-state index contributed by atoms with van der Waals surface area (Å²) in [6.45, 7) is 1.89. The second-order valence-corrected chi connectivity index (χ2v) is 2.97. The number of aldehydes is 1. The maximum absolute atomic E-state index is 10.6. The van der Waals surface area contributed by atoms with E-state index in [0.29, 0.717) is 44.2 Å². The Morgan fingerprint density at radius 2 is 2.12 bits per heavy atom. The third kappa shape index (κ3) is 4.37. The van der Waals surface area contributed by atoms with Gasteiger partial charge in [0.15, 0.2) is 6.29 Å². The first-order valence-electron chi connectivity index (χ1n) is 4.98. The normalized spacial score (nSPS) is 10.1. The van der Waals surface area contributed by atoms with Crippen LogP contribution >= 0.6 is 0 Å². The molecule has 0 aliphatic heterocycles. The zero-order valence-electron chi connectivity index (χ0n) is 9.22. The molecule has 1 aromatic heterocycles. The number of rotatable bonds is 8. The maximum atomic E-state index is 10.6. The summed E-state index contributed by atoms with van der Waals surface area (Å²) in [7, 11) is 1.62. The molecule has 0 bridgehead atoms. The summed E-state index contributed by atoms with van der Waals surface area (Å²) in [4.78, 5) is 14.6. The van der Waals surface area contributed by atoms with Gasteiger partial charge in [-0.25, -0.2) is 4.98 Å². The Labute approximate surface area is 94.3 Å². The Morgan fingerprint density at radius 1 is 1.31 bits per heavy atom. The van der Waals surface area contributed by atoms with Gasteiger partial charge in [-0.2, -0.15) is 0 Å². The van der Waals surface area contributed by atoms with Gasteiger partial charge in [0, 0.05) is 13.3 Å². The molecule has 1 heterocycles. The molecule has 0 saturated carbocycles. The summed E-state index contributed by atoms with van der Waals surface area (Å²) in [5, 5.41) is 0. The van der Waals surface area contributed by atoms with E-state index in [2.05, 4.69) is 4.98 Å². The first kappa shape index (κ1) is 12.6. The number of aromatic nitrogens is 1. The second kappa shape index (κ2) is 7.78. The van der Waals surface area contributed by atoms with E-state index >= 15 is 0 Å². The predicted molar refractivity (Wildman–Crippen MR) is 57.8 cm³/mol. The molecule has 1 aromatic rings. The fraction of sp³-hybridized carbons (Fsp3) is 0.455. The van der Waals surface area contributed by atoms with Crippen LogP contribution in [0.3, 0.4) is 0 Å². The Morgan fingerprint density at radius 3 is 2.88 bits per heavy atom. The lowest BCUT2D eigenvalue weighted by Gasteiger charge is -2.07. The van der Waals surface area contributed by atoms with Crippen molar-refractivity contribution in [3.8, 4) is 5.88 Å². The number of methoxy groups -OCH3 is 1. The van der Waals surface area contributed by atoms with Crippen molar-refractivity contribution in [2.45, 2.75) is 0 Å². The molecular weight excluding hydrogens is 210 g/mol. The Kier molecular flexibility index (Phi) is 6.13. The van der Waals surface area contributed by atoms with Gasteiger partial charge in [0.25, 0.3) is 0 Å². The first-order chi connectivity index (χ1) is 7.88. The summed E-state index contributed by atoms with van der Waals surface area (Å²) in [6.07, 6.45) is 2.29. The van der Waals surface area contributed by atoms with Crippen molar-refractivity contribution in [2.75, 3.05) is 33.5 Å². The van der Waals surface area contributed by atoms with Crippen molar-refractivity contribution < 1.29 is 19.0 Å². The molecule has 1 rings (SSSR count). The zero-order valence-corrected chi connectivity index (χ0v) is 9.22. The minimum absolute atomic E-state index is 0.341. The van der Waals surface area contributed by atoms with Gasteiger partial charge in [-0.15, -0.1) is 0 Å². The van der Waals surface area contributed by atoms with Gasteiger partial charge in [-0.1, -0.05) is 0 Å². The number of hydrogen-bond acceptors (Lipinski definition) is 5. The van der Waals surface area contributed by atoms with Crippen LogP contribution in [0.5, 0.6) is 5.88 Å². The predicted octanol–water partition coefficient (Wildman–Crippen LogP) is 0.936. The minimum atomic E-state index is 0.341. The van der Waals surface area contributed by atoms with Crippen LogP contribution in [0.2, 0.25) is 0 Å². The highest BCUT2D eigenvalue weighted by Gasteiger charge is 2.02. The number of carbonyl (C=O) groups excluding carboxylic acids is 1. The number of pyridine rings is 1. The molecule has 0 aliphatic rings. The topological polar surface area (TPSA) is 57.6 Å². The fourth-order valence-electron chi connectivity index (χ4n) is 1.06. The first-order valence-corrected chi connectivity index (χ1v) is 4.98. The quantitative estimate of drug-likeness (QED) is 0.486. The monoisotopic (exact) mass is 225 g/mol. The maximum Gasteiger partial charge on any atom is 0.224 e. The molecule has 0 N–H and O–H groups in total. The highest BCUT2D eigenvalue weighted by Crippen LogP contribution is 2.10. The van der Waals surface area contributed by atoms with Crippen LogP contribution in [0.1, 0.15) is 10.4 Å². The molecule has 0 spiro atoms. The summed E-state index contributed by atoms with van der Waals surface area (Å²) < 4.78 is 15.3. The van der Waals surface area contributed by atoms with E-state index in [1.165, 1.54) is 0 Å². The third-order valence-electron chi connectivity index (χ3n) is 1.83. The van der Waals surface area contributed by atoms with Crippen molar-refractivity contribution in [3.05, 3.63) is 23.9 Å². The van der Waals surface area contributed by atoms with Crippen LogP contribution in [0.25, 0.3) is 0 Å². The van der Waals surface area contributed by atoms with E-state index in [1.807, 2.05) is 0 Å². The Balaban J connectivity index is 2.23. The summed E-state index contributed by atoms with van der Waals surface area (Å²) in [5.41, 5.74) is 0.444. The average Bonchev–Trinajstić information content (AvgIpc) is 2.34. The standard InChI is InChI=1S/C11H15NO4/c1-14-5-6-15-7-8-16-11-10(9-13)3-2-4-12-11/h2-4,9H,5-8H2,1H3. The molecule has 0 saturated heterocycles. The van der Waals surface area contributed by atoms with Gasteiger partial charge in [-0.3, -0.25) is 4.79 Å². The molecule has 16 heavy (non-hydrogen) atoms. The van der Waals surface area contributed by atoms with Crippen LogP contribution in [0.4, 0.5) is 0 Å². The molecule has 5 heteroatoms. The van der Waals surface area contributed by atoms with E-state index < -0.39 is 0 Å². The Bertz CT molecular complexity index is 317. The molecule has 0 aliphatic carbocycles. The summed E-state index contributed by atoms with van der Waals surface area (Å²) >= 11 is 0. The number of hydrogen-bond donors (Lipinski definition) is 0. The highest BCUT2D eigenvalue weighted by atomic mass is 16.5. The lowest BCUT2D eigenvalue weighted by molar-refractivity contribution is 0.0535. The molecule has 0 atom stereocenters. The van der Waals surface area contributed by atoms with Gasteiger partial charge >= 0.3 is 0 Å². The molecule has 0 radical (unpaired) electrons. The van der Waals surface area contributed by atoms with Crippen LogP contribution in [0, 0.1) is 0 Å². The second-order valence-electron chi connectivity index (χ2n) is 2.97. The van der Waals surface area contributed by atoms with Crippen molar-refractivity contribution in [3.63, 3.8) is 0 Å². The van der Waals surface area contributed by atoms with Crippen LogP contribution < -0.4 is 4.74 Å². The van der Waals surface area contributed by atoms with E-state index in [1.54, 1.807) is 25.4 Å². The fourth-order valence-corrected chi connectivity index (χ4v) is 1.06. The van der Waals surface area contributed by atoms with Gasteiger partial charge in [0.2, 0.25) is 5.88 Å². The van der Waals surface area contributed by atoms with E-state index in [9.17, 15) is 4.79 Å².